The average Bonchev–Trinajstić information content (AvgIpc) is 2.77. The number of amides is 2. The summed E-state index contributed by atoms with van der Waals surface area (Å²) in [4.78, 5) is 37.5. The molecule has 2 atom stereocenters. The van der Waals surface area contributed by atoms with Crippen LogP contribution in [0.4, 0.5) is 4.79 Å². The molecule has 0 saturated carbocycles. The standard InChI is InChI=1S/C14H24N2O6/c1-8(2)10(15-13(19)21-6)11(17)16-9(12(18)20-5)7-22-14(16,3)4/h8-10H,7H2,1-6H3,(H,15,19)/t9-,10-/m0/s1. The summed E-state index contributed by atoms with van der Waals surface area (Å²) in [6, 6.07) is -1.67. The van der Waals surface area contributed by atoms with Crippen LogP contribution in [-0.4, -0.2) is 61.5 Å². The minimum absolute atomic E-state index is 0.0501. The van der Waals surface area contributed by atoms with E-state index in [9.17, 15) is 14.4 Å². The van der Waals surface area contributed by atoms with Crippen molar-refractivity contribution in [2.24, 2.45) is 5.92 Å². The number of nitrogens with zero attached hydrogens (tertiary/aromatic N) is 1. The molecular weight excluding hydrogens is 292 g/mol. The lowest BCUT2D eigenvalue weighted by atomic mass is 10.0. The first-order chi connectivity index (χ1) is 10.2. The molecule has 1 rings (SSSR count). The minimum atomic E-state index is -0.971. The summed E-state index contributed by atoms with van der Waals surface area (Å²) in [5.74, 6) is -1.17. The third kappa shape index (κ3) is 3.68. The summed E-state index contributed by atoms with van der Waals surface area (Å²) in [5, 5.41) is 2.50. The zero-order chi connectivity index (χ0) is 17.1. The van der Waals surface area contributed by atoms with Gasteiger partial charge in [-0.2, -0.15) is 0 Å². The van der Waals surface area contributed by atoms with Gasteiger partial charge in [-0.25, -0.2) is 9.59 Å². The maximum Gasteiger partial charge on any atom is 0.407 e. The molecule has 0 spiro atoms. The molecule has 1 heterocycles. The second-order valence-corrected chi connectivity index (χ2v) is 5.86. The number of carbonyl (C=O) groups is 3. The fourth-order valence-corrected chi connectivity index (χ4v) is 2.38. The number of ether oxygens (including phenoxy) is 3. The Morgan fingerprint density at radius 3 is 2.27 bits per heavy atom. The second-order valence-electron chi connectivity index (χ2n) is 5.86. The Kier molecular flexibility index (Phi) is 5.76. The molecule has 0 aromatic rings. The quantitative estimate of drug-likeness (QED) is 0.759. The molecule has 8 nitrogen and oxygen atoms in total. The van der Waals surface area contributed by atoms with Crippen molar-refractivity contribution in [1.29, 1.82) is 0 Å². The summed E-state index contributed by atoms with van der Waals surface area (Å²) in [5.41, 5.74) is -0.971. The molecule has 0 unspecified atom stereocenters. The van der Waals surface area contributed by atoms with Gasteiger partial charge in [0.15, 0.2) is 6.04 Å². The maximum atomic E-state index is 12.9. The predicted octanol–water partition coefficient (Wildman–Crippen LogP) is 0.503. The van der Waals surface area contributed by atoms with Crippen LogP contribution >= 0.6 is 0 Å². The Balaban J connectivity index is 3.07. The number of hydrogen-bond donors (Lipinski definition) is 1. The van der Waals surface area contributed by atoms with Crippen molar-refractivity contribution < 1.29 is 28.6 Å². The lowest BCUT2D eigenvalue weighted by molar-refractivity contribution is -0.159. The first-order valence-electron chi connectivity index (χ1n) is 7.05. The van der Waals surface area contributed by atoms with Crippen LogP contribution in [0.1, 0.15) is 27.7 Å². The lowest BCUT2D eigenvalue weighted by Crippen LogP contribution is -2.59. The van der Waals surface area contributed by atoms with Crippen LogP contribution < -0.4 is 5.32 Å². The fraction of sp³-hybridized carbons (Fsp3) is 0.786. The van der Waals surface area contributed by atoms with Gasteiger partial charge in [-0.1, -0.05) is 13.8 Å². The van der Waals surface area contributed by atoms with E-state index < -0.39 is 35.8 Å². The molecule has 0 radical (unpaired) electrons. The summed E-state index contributed by atoms with van der Waals surface area (Å²) in [6.07, 6.45) is -0.709. The molecule has 0 aromatic heterocycles. The molecule has 0 aromatic carbocycles. The van der Waals surface area contributed by atoms with E-state index in [4.69, 9.17) is 9.47 Å². The van der Waals surface area contributed by atoms with E-state index in [1.807, 2.05) is 0 Å². The number of alkyl carbamates (subject to hydrolysis) is 1. The zero-order valence-corrected chi connectivity index (χ0v) is 13.8. The van der Waals surface area contributed by atoms with Crippen LogP contribution in [0.2, 0.25) is 0 Å². The van der Waals surface area contributed by atoms with Crippen LogP contribution in [0.5, 0.6) is 0 Å². The van der Waals surface area contributed by atoms with Crippen molar-refractivity contribution in [3.8, 4) is 0 Å². The highest BCUT2D eigenvalue weighted by atomic mass is 16.6. The van der Waals surface area contributed by atoms with Gasteiger partial charge in [0, 0.05) is 0 Å². The van der Waals surface area contributed by atoms with Gasteiger partial charge >= 0.3 is 12.1 Å². The smallest absolute Gasteiger partial charge is 0.407 e. The minimum Gasteiger partial charge on any atom is -0.467 e. The van der Waals surface area contributed by atoms with Gasteiger partial charge in [0.1, 0.15) is 11.8 Å². The van der Waals surface area contributed by atoms with E-state index in [0.29, 0.717) is 0 Å². The Morgan fingerprint density at radius 1 is 1.23 bits per heavy atom. The summed E-state index contributed by atoms with van der Waals surface area (Å²) in [6.45, 7) is 6.99. The molecule has 22 heavy (non-hydrogen) atoms. The zero-order valence-electron chi connectivity index (χ0n) is 13.8. The lowest BCUT2D eigenvalue weighted by Gasteiger charge is -2.36. The van der Waals surface area contributed by atoms with Crippen LogP contribution in [0, 0.1) is 5.92 Å². The molecule has 1 N–H and O–H groups in total. The molecule has 1 fully saturated rings. The normalized spacial score (nSPS) is 21.4. The van der Waals surface area contributed by atoms with E-state index >= 15 is 0 Å². The molecule has 8 heteroatoms. The third-order valence-corrected chi connectivity index (χ3v) is 3.59. The summed E-state index contributed by atoms with van der Waals surface area (Å²) < 4.78 is 14.8. The van der Waals surface area contributed by atoms with E-state index in [-0.39, 0.29) is 12.5 Å². The number of rotatable bonds is 4. The van der Waals surface area contributed by atoms with E-state index in [1.54, 1.807) is 27.7 Å². The summed E-state index contributed by atoms with van der Waals surface area (Å²) in [7, 11) is 2.47. The topological polar surface area (TPSA) is 94.2 Å². The van der Waals surface area contributed by atoms with Crippen molar-refractivity contribution in [1.82, 2.24) is 10.2 Å². The molecule has 0 aliphatic carbocycles. The second kappa shape index (κ2) is 6.95. The van der Waals surface area contributed by atoms with Gasteiger partial charge in [-0.3, -0.25) is 9.69 Å². The van der Waals surface area contributed by atoms with Gasteiger partial charge in [0.05, 0.1) is 20.8 Å². The number of esters is 1. The highest BCUT2D eigenvalue weighted by molar-refractivity contribution is 5.90. The molecule has 0 bridgehead atoms. The first-order valence-corrected chi connectivity index (χ1v) is 7.05. The molecule has 2 amide bonds. The molecule has 1 aliphatic rings. The highest BCUT2D eigenvalue weighted by Crippen LogP contribution is 2.29. The fourth-order valence-electron chi connectivity index (χ4n) is 2.38. The largest absolute Gasteiger partial charge is 0.467 e. The Morgan fingerprint density at radius 2 is 1.82 bits per heavy atom. The van der Waals surface area contributed by atoms with Crippen LogP contribution in [0.25, 0.3) is 0 Å². The van der Waals surface area contributed by atoms with Crippen molar-refractivity contribution in [3.05, 3.63) is 0 Å². The van der Waals surface area contributed by atoms with Crippen LogP contribution in [-0.2, 0) is 23.8 Å². The maximum absolute atomic E-state index is 12.9. The number of hydrogen-bond acceptors (Lipinski definition) is 6. The molecule has 1 saturated heterocycles. The Bertz CT molecular complexity index is 449. The number of nitrogens with one attached hydrogen (secondary N) is 1. The average molecular weight is 316 g/mol. The number of methoxy groups -OCH3 is 2. The molecular formula is C14H24N2O6. The predicted molar refractivity (Wildman–Crippen MR) is 76.8 cm³/mol. The van der Waals surface area contributed by atoms with Gasteiger partial charge < -0.3 is 19.5 Å². The van der Waals surface area contributed by atoms with Gasteiger partial charge in [-0.05, 0) is 19.8 Å². The van der Waals surface area contributed by atoms with Gasteiger partial charge in [0.25, 0.3) is 0 Å². The van der Waals surface area contributed by atoms with E-state index in [2.05, 4.69) is 10.1 Å². The Labute approximate surface area is 130 Å². The monoisotopic (exact) mass is 316 g/mol. The number of carbonyl (C=O) groups excluding carboxylic acids is 3. The highest BCUT2D eigenvalue weighted by Gasteiger charge is 2.49. The van der Waals surface area contributed by atoms with E-state index in [1.165, 1.54) is 19.1 Å². The first kappa shape index (κ1) is 18.2. The van der Waals surface area contributed by atoms with Crippen LogP contribution in [0.15, 0.2) is 0 Å². The SMILES string of the molecule is COC(=O)N[C@H](C(=O)N1[C@H](C(=O)OC)COC1(C)C)C(C)C. The van der Waals surface area contributed by atoms with Crippen molar-refractivity contribution in [2.75, 3.05) is 20.8 Å². The van der Waals surface area contributed by atoms with Crippen molar-refractivity contribution >= 4 is 18.0 Å². The van der Waals surface area contributed by atoms with Crippen molar-refractivity contribution in [2.45, 2.75) is 45.5 Å². The Hall–Kier alpha value is -1.83. The van der Waals surface area contributed by atoms with Gasteiger partial charge in [0.2, 0.25) is 5.91 Å². The molecule has 1 aliphatic heterocycles. The van der Waals surface area contributed by atoms with E-state index in [0.717, 1.165) is 0 Å². The summed E-state index contributed by atoms with van der Waals surface area (Å²) >= 11 is 0. The van der Waals surface area contributed by atoms with Crippen LogP contribution in [0.3, 0.4) is 0 Å². The third-order valence-electron chi connectivity index (χ3n) is 3.59. The molecule has 126 valence electrons. The van der Waals surface area contributed by atoms with Crippen molar-refractivity contribution in [3.63, 3.8) is 0 Å². The van der Waals surface area contributed by atoms with Gasteiger partial charge in [-0.15, -0.1) is 0 Å².